The molecule has 1 fully saturated rings. The summed E-state index contributed by atoms with van der Waals surface area (Å²) >= 11 is 0. The summed E-state index contributed by atoms with van der Waals surface area (Å²) in [7, 11) is 0. The highest BCUT2D eigenvalue weighted by Crippen LogP contribution is 2.37. The average Bonchev–Trinajstić information content (AvgIpc) is 2.91. The topological polar surface area (TPSA) is 0 Å². The van der Waals surface area contributed by atoms with Gasteiger partial charge in [0.15, 0.2) is 0 Å². The highest BCUT2D eigenvalue weighted by molar-refractivity contribution is 5.46. The van der Waals surface area contributed by atoms with Crippen molar-refractivity contribution < 1.29 is 0 Å². The first kappa shape index (κ1) is 27.2. The van der Waals surface area contributed by atoms with E-state index in [-0.39, 0.29) is 0 Å². The molecule has 0 aromatic heterocycles. The Labute approximate surface area is 216 Å². The highest BCUT2D eigenvalue weighted by Gasteiger charge is 2.21. The lowest BCUT2D eigenvalue weighted by molar-refractivity contribution is 0.302. The van der Waals surface area contributed by atoms with Gasteiger partial charge in [-0.25, -0.2) is 0 Å². The summed E-state index contributed by atoms with van der Waals surface area (Å²) in [5, 5.41) is 0. The van der Waals surface area contributed by atoms with E-state index in [1.165, 1.54) is 95.5 Å². The smallest absolute Gasteiger partial charge is 0.0249 e. The SMILES string of the molecule is CCCCCC#Cc1ccc(C#Cc2ccc(C3CCC(CCCCCCCC)CC3)cc2)cc1. The Bertz CT molecular complexity index is 947. The Morgan fingerprint density at radius 1 is 0.571 bits per heavy atom. The van der Waals surface area contributed by atoms with Crippen LogP contribution in [0.15, 0.2) is 48.5 Å². The molecule has 35 heavy (non-hydrogen) atoms. The lowest BCUT2D eigenvalue weighted by Gasteiger charge is -2.29. The fourth-order valence-electron chi connectivity index (χ4n) is 5.25. The molecule has 0 amide bonds. The number of hydrogen-bond donors (Lipinski definition) is 0. The van der Waals surface area contributed by atoms with Crippen molar-refractivity contribution >= 4 is 0 Å². The Kier molecular flexibility index (Phi) is 12.6. The molecular weight excluding hydrogens is 420 g/mol. The lowest BCUT2D eigenvalue weighted by Crippen LogP contribution is -2.13. The molecule has 0 unspecified atom stereocenters. The standard InChI is InChI=1S/C35H46/c1-3-5-7-9-11-13-15-31-22-26-34(27-23-31)35-28-24-33(25-29-35)21-20-32-18-16-30(17-19-32)14-12-10-8-6-4-2/h16-19,24-25,28-29,31,34H,3-11,13,15,22-23,26-27H2,1-2H3. The number of rotatable bonds is 11. The van der Waals surface area contributed by atoms with Gasteiger partial charge in [0.1, 0.15) is 0 Å². The highest BCUT2D eigenvalue weighted by atomic mass is 14.3. The first-order valence-corrected chi connectivity index (χ1v) is 14.5. The molecule has 0 nitrogen and oxygen atoms in total. The Morgan fingerprint density at radius 3 is 1.71 bits per heavy atom. The van der Waals surface area contributed by atoms with Crippen molar-refractivity contribution in [2.45, 2.75) is 116 Å². The van der Waals surface area contributed by atoms with Crippen molar-refractivity contribution in [1.82, 2.24) is 0 Å². The molecule has 0 aliphatic heterocycles. The van der Waals surface area contributed by atoms with E-state index < -0.39 is 0 Å². The van der Waals surface area contributed by atoms with E-state index in [1.807, 2.05) is 0 Å². The van der Waals surface area contributed by atoms with Gasteiger partial charge in [-0.3, -0.25) is 0 Å². The first-order valence-electron chi connectivity index (χ1n) is 14.5. The summed E-state index contributed by atoms with van der Waals surface area (Å²) < 4.78 is 0. The molecule has 3 rings (SSSR count). The summed E-state index contributed by atoms with van der Waals surface area (Å²) in [6, 6.07) is 17.4. The third kappa shape index (κ3) is 10.4. The maximum Gasteiger partial charge on any atom is 0.0249 e. The summed E-state index contributed by atoms with van der Waals surface area (Å²) in [4.78, 5) is 0. The van der Waals surface area contributed by atoms with Gasteiger partial charge >= 0.3 is 0 Å². The summed E-state index contributed by atoms with van der Waals surface area (Å²) in [5.74, 6) is 14.9. The predicted molar refractivity (Wildman–Crippen MR) is 153 cm³/mol. The molecule has 2 aromatic rings. The zero-order valence-corrected chi connectivity index (χ0v) is 22.4. The average molecular weight is 467 g/mol. The van der Waals surface area contributed by atoms with Crippen LogP contribution in [0.1, 0.15) is 138 Å². The van der Waals surface area contributed by atoms with Gasteiger partial charge in [-0.2, -0.15) is 0 Å². The van der Waals surface area contributed by atoms with Gasteiger partial charge in [0, 0.05) is 23.1 Å². The van der Waals surface area contributed by atoms with Crippen molar-refractivity contribution in [3.63, 3.8) is 0 Å². The van der Waals surface area contributed by atoms with Gasteiger partial charge in [-0.05, 0) is 85.9 Å². The van der Waals surface area contributed by atoms with Crippen LogP contribution in [-0.2, 0) is 0 Å². The van der Waals surface area contributed by atoms with Crippen LogP contribution < -0.4 is 0 Å². The van der Waals surface area contributed by atoms with E-state index in [0.29, 0.717) is 0 Å². The summed E-state index contributed by atoms with van der Waals surface area (Å²) in [5.41, 5.74) is 4.74. The molecule has 0 N–H and O–H groups in total. The van der Waals surface area contributed by atoms with Gasteiger partial charge in [0.05, 0.1) is 0 Å². The Hall–Kier alpha value is -2.44. The molecular formula is C35H46. The first-order chi connectivity index (χ1) is 17.3. The van der Waals surface area contributed by atoms with Crippen molar-refractivity contribution in [3.05, 3.63) is 70.8 Å². The molecule has 2 aromatic carbocycles. The van der Waals surface area contributed by atoms with Gasteiger partial charge in [-0.15, -0.1) is 0 Å². The molecule has 0 spiro atoms. The molecule has 0 atom stereocenters. The van der Waals surface area contributed by atoms with E-state index in [2.05, 4.69) is 86.1 Å². The minimum atomic E-state index is 0.744. The summed E-state index contributed by atoms with van der Waals surface area (Å²) in [6.07, 6.45) is 20.3. The molecule has 0 radical (unpaired) electrons. The quantitative estimate of drug-likeness (QED) is 0.228. The maximum absolute atomic E-state index is 3.34. The van der Waals surface area contributed by atoms with Crippen molar-refractivity contribution in [3.8, 4) is 23.7 Å². The largest absolute Gasteiger partial charge is 0.0979 e. The third-order valence-electron chi connectivity index (χ3n) is 7.57. The van der Waals surface area contributed by atoms with Crippen molar-refractivity contribution in [1.29, 1.82) is 0 Å². The lowest BCUT2D eigenvalue weighted by atomic mass is 9.77. The van der Waals surface area contributed by atoms with Crippen LogP contribution in [0.5, 0.6) is 0 Å². The zero-order chi connectivity index (χ0) is 24.6. The second-order valence-corrected chi connectivity index (χ2v) is 10.5. The van der Waals surface area contributed by atoms with Crippen LogP contribution in [0.3, 0.4) is 0 Å². The normalized spacial score (nSPS) is 17.2. The number of unbranched alkanes of at least 4 members (excludes halogenated alkanes) is 8. The second-order valence-electron chi connectivity index (χ2n) is 10.5. The van der Waals surface area contributed by atoms with E-state index in [0.717, 1.165) is 34.9 Å². The number of hydrogen-bond acceptors (Lipinski definition) is 0. The summed E-state index contributed by atoms with van der Waals surface area (Å²) in [6.45, 7) is 4.52. The van der Waals surface area contributed by atoms with Crippen LogP contribution in [-0.4, -0.2) is 0 Å². The predicted octanol–water partition coefficient (Wildman–Crippen LogP) is 10.0. The fourth-order valence-corrected chi connectivity index (χ4v) is 5.25. The Balaban J connectivity index is 1.41. The van der Waals surface area contributed by atoms with E-state index >= 15 is 0 Å². The molecule has 0 heteroatoms. The van der Waals surface area contributed by atoms with Crippen LogP contribution in [0, 0.1) is 29.6 Å². The van der Waals surface area contributed by atoms with Crippen LogP contribution in [0.25, 0.3) is 0 Å². The zero-order valence-electron chi connectivity index (χ0n) is 22.4. The Morgan fingerprint density at radius 2 is 1.09 bits per heavy atom. The van der Waals surface area contributed by atoms with Crippen LogP contribution in [0.4, 0.5) is 0 Å². The van der Waals surface area contributed by atoms with Crippen molar-refractivity contribution in [2.75, 3.05) is 0 Å². The second kappa shape index (κ2) is 16.3. The van der Waals surface area contributed by atoms with E-state index in [1.54, 1.807) is 0 Å². The molecule has 186 valence electrons. The molecule has 0 heterocycles. The molecule has 1 saturated carbocycles. The van der Waals surface area contributed by atoms with Crippen LogP contribution >= 0.6 is 0 Å². The van der Waals surface area contributed by atoms with Gasteiger partial charge in [0.2, 0.25) is 0 Å². The fraction of sp³-hybridized carbons (Fsp3) is 0.543. The van der Waals surface area contributed by atoms with Crippen molar-refractivity contribution in [2.24, 2.45) is 5.92 Å². The minimum Gasteiger partial charge on any atom is -0.0979 e. The number of benzene rings is 2. The minimum absolute atomic E-state index is 0.744. The van der Waals surface area contributed by atoms with E-state index in [4.69, 9.17) is 0 Å². The molecule has 0 saturated heterocycles. The van der Waals surface area contributed by atoms with Crippen LogP contribution in [0.2, 0.25) is 0 Å². The van der Waals surface area contributed by atoms with Gasteiger partial charge in [0.25, 0.3) is 0 Å². The third-order valence-corrected chi connectivity index (χ3v) is 7.57. The monoisotopic (exact) mass is 466 g/mol. The van der Waals surface area contributed by atoms with Gasteiger partial charge in [-0.1, -0.05) is 107 Å². The molecule has 0 bridgehead atoms. The van der Waals surface area contributed by atoms with Gasteiger partial charge < -0.3 is 0 Å². The molecule has 1 aliphatic carbocycles. The maximum atomic E-state index is 3.34. The van der Waals surface area contributed by atoms with E-state index in [9.17, 15) is 0 Å². The molecule has 1 aliphatic rings.